The summed E-state index contributed by atoms with van der Waals surface area (Å²) in [6.45, 7) is 6.18. The van der Waals surface area contributed by atoms with E-state index < -0.39 is 4.92 Å². The van der Waals surface area contributed by atoms with Crippen molar-refractivity contribution in [3.63, 3.8) is 0 Å². The molecule has 0 unspecified atom stereocenters. The zero-order valence-electron chi connectivity index (χ0n) is 20.8. The van der Waals surface area contributed by atoms with Gasteiger partial charge in [-0.25, -0.2) is 4.99 Å². The van der Waals surface area contributed by atoms with Gasteiger partial charge in [-0.1, -0.05) is 47.5 Å². The number of non-ortho nitro benzene ring substituents is 1. The van der Waals surface area contributed by atoms with Crippen molar-refractivity contribution in [3.05, 3.63) is 109 Å². The van der Waals surface area contributed by atoms with Crippen LogP contribution < -0.4 is 14.8 Å². The summed E-state index contributed by atoms with van der Waals surface area (Å²) in [6, 6.07) is 15.0. The number of nitro groups is 1. The molecular formula is C28H23Cl2N3O5S. The minimum Gasteiger partial charge on any atom is -0.490 e. The van der Waals surface area contributed by atoms with E-state index in [9.17, 15) is 14.9 Å². The lowest BCUT2D eigenvalue weighted by atomic mass is 10.0. The maximum atomic E-state index is 12.7. The quantitative estimate of drug-likeness (QED) is 0.115. The van der Waals surface area contributed by atoms with Gasteiger partial charge in [0.1, 0.15) is 6.61 Å². The molecule has 0 spiro atoms. The van der Waals surface area contributed by atoms with E-state index >= 15 is 0 Å². The molecule has 0 radical (unpaired) electrons. The first kappa shape index (κ1) is 28.2. The molecule has 11 heteroatoms. The highest BCUT2D eigenvalue weighted by Gasteiger charge is 2.25. The van der Waals surface area contributed by atoms with Gasteiger partial charge < -0.3 is 14.8 Å². The number of benzene rings is 3. The van der Waals surface area contributed by atoms with Crippen molar-refractivity contribution in [1.82, 2.24) is 5.32 Å². The molecular weight excluding hydrogens is 561 g/mol. The van der Waals surface area contributed by atoms with Crippen molar-refractivity contribution in [2.45, 2.75) is 20.0 Å². The van der Waals surface area contributed by atoms with E-state index in [-0.39, 0.29) is 18.2 Å². The maximum absolute atomic E-state index is 12.7. The van der Waals surface area contributed by atoms with Gasteiger partial charge in [-0.3, -0.25) is 14.9 Å². The Morgan fingerprint density at radius 1 is 1.15 bits per heavy atom. The number of halogens is 2. The first-order chi connectivity index (χ1) is 18.8. The number of rotatable bonds is 10. The van der Waals surface area contributed by atoms with Crippen LogP contribution in [0.25, 0.3) is 6.08 Å². The fourth-order valence-electron chi connectivity index (χ4n) is 3.74. The Bertz CT molecular complexity index is 1510. The van der Waals surface area contributed by atoms with Crippen LogP contribution in [0.4, 0.5) is 11.4 Å². The molecule has 1 aliphatic heterocycles. The summed E-state index contributed by atoms with van der Waals surface area (Å²) < 4.78 is 12.0. The summed E-state index contributed by atoms with van der Waals surface area (Å²) >= 11 is 13.5. The Hall–Kier alpha value is -3.79. The minimum atomic E-state index is -0.447. The van der Waals surface area contributed by atoms with Gasteiger partial charge in [0.15, 0.2) is 16.7 Å². The zero-order chi connectivity index (χ0) is 27.9. The summed E-state index contributed by atoms with van der Waals surface area (Å²) in [5, 5.41) is 14.9. The Labute approximate surface area is 239 Å². The average molecular weight is 584 g/mol. The lowest BCUT2D eigenvalue weighted by Gasteiger charge is -2.17. The predicted octanol–water partition coefficient (Wildman–Crippen LogP) is 7.50. The van der Waals surface area contributed by atoms with E-state index in [0.29, 0.717) is 55.9 Å². The van der Waals surface area contributed by atoms with Gasteiger partial charge in [0.25, 0.3) is 11.6 Å². The summed E-state index contributed by atoms with van der Waals surface area (Å²) in [4.78, 5) is 28.2. The number of nitrogens with zero attached hydrogens (tertiary/aromatic N) is 2. The molecule has 4 rings (SSSR count). The van der Waals surface area contributed by atoms with Crippen LogP contribution in [0.3, 0.4) is 0 Å². The number of carbonyl (C=O) groups excluding carboxylic acids is 1. The average Bonchev–Trinajstić information content (AvgIpc) is 3.25. The molecule has 3 aromatic carbocycles. The third-order valence-electron chi connectivity index (χ3n) is 5.42. The molecule has 39 heavy (non-hydrogen) atoms. The summed E-state index contributed by atoms with van der Waals surface area (Å²) in [5.41, 5.74) is 2.59. The number of nitro benzene ring substituents is 1. The standard InChI is InChI=1S/C28H23Cl2N3O5S/c1-3-7-19-12-18(15-24-27(34)32-28(39-24)31-22-11-6-10-21(29)25(22)30)14-23(37-4-2)26(19)38-16-17-8-5-9-20(13-17)33(35)36/h3,5-6,8-15H,1,4,7,16H2,2H3,(H,31,32,34)/b24-15+. The summed E-state index contributed by atoms with van der Waals surface area (Å²) in [6.07, 6.45) is 3.95. The topological polar surface area (TPSA) is 103 Å². The summed E-state index contributed by atoms with van der Waals surface area (Å²) in [5.74, 6) is 0.690. The molecule has 0 aliphatic carbocycles. The number of thioether (sulfide) groups is 1. The second-order valence-corrected chi connectivity index (χ2v) is 10.0. The van der Waals surface area contributed by atoms with Crippen LogP contribution >= 0.6 is 35.0 Å². The van der Waals surface area contributed by atoms with Crippen molar-refractivity contribution in [1.29, 1.82) is 0 Å². The van der Waals surface area contributed by atoms with Crippen LogP contribution in [0.2, 0.25) is 10.0 Å². The van der Waals surface area contributed by atoms with E-state index in [1.54, 1.807) is 48.6 Å². The van der Waals surface area contributed by atoms with E-state index in [0.717, 1.165) is 11.1 Å². The number of hydrogen-bond donors (Lipinski definition) is 1. The molecule has 1 heterocycles. The molecule has 1 fully saturated rings. The van der Waals surface area contributed by atoms with Gasteiger partial charge in [-0.15, -0.1) is 6.58 Å². The monoisotopic (exact) mass is 583 g/mol. The highest BCUT2D eigenvalue weighted by atomic mass is 35.5. The third-order valence-corrected chi connectivity index (χ3v) is 7.14. The van der Waals surface area contributed by atoms with Gasteiger partial charge in [0.2, 0.25) is 0 Å². The third kappa shape index (κ3) is 7.00. The fourth-order valence-corrected chi connectivity index (χ4v) is 4.91. The number of amides is 1. The Morgan fingerprint density at radius 3 is 2.69 bits per heavy atom. The van der Waals surface area contributed by atoms with Crippen molar-refractivity contribution in [3.8, 4) is 11.5 Å². The minimum absolute atomic E-state index is 0.0118. The van der Waals surface area contributed by atoms with E-state index in [4.69, 9.17) is 32.7 Å². The number of ether oxygens (including phenoxy) is 2. The van der Waals surface area contributed by atoms with E-state index in [1.165, 1.54) is 23.9 Å². The lowest BCUT2D eigenvalue weighted by molar-refractivity contribution is -0.384. The molecule has 1 saturated heterocycles. The number of hydrogen-bond acceptors (Lipinski definition) is 7. The first-order valence-electron chi connectivity index (χ1n) is 11.8. The number of nitrogens with one attached hydrogen (secondary N) is 1. The zero-order valence-corrected chi connectivity index (χ0v) is 23.1. The van der Waals surface area contributed by atoms with Gasteiger partial charge in [0, 0.05) is 17.7 Å². The molecule has 8 nitrogen and oxygen atoms in total. The molecule has 200 valence electrons. The van der Waals surface area contributed by atoms with Crippen LogP contribution in [-0.4, -0.2) is 22.6 Å². The van der Waals surface area contributed by atoms with Crippen molar-refractivity contribution in [2.24, 2.45) is 4.99 Å². The van der Waals surface area contributed by atoms with Gasteiger partial charge in [-0.05, 0) is 66.6 Å². The molecule has 0 atom stereocenters. The Morgan fingerprint density at radius 2 is 1.95 bits per heavy atom. The molecule has 3 aromatic rings. The van der Waals surface area contributed by atoms with Gasteiger partial charge >= 0.3 is 0 Å². The molecule has 0 saturated carbocycles. The van der Waals surface area contributed by atoms with Crippen LogP contribution in [0, 0.1) is 10.1 Å². The van der Waals surface area contributed by atoms with Gasteiger partial charge in [-0.2, -0.15) is 0 Å². The van der Waals surface area contributed by atoms with Crippen LogP contribution in [0.5, 0.6) is 11.5 Å². The maximum Gasteiger partial charge on any atom is 0.269 e. The number of allylic oxidation sites excluding steroid dienone is 1. The molecule has 1 amide bonds. The largest absolute Gasteiger partial charge is 0.490 e. The van der Waals surface area contributed by atoms with Gasteiger partial charge in [0.05, 0.1) is 32.2 Å². The number of carbonyl (C=O) groups is 1. The van der Waals surface area contributed by atoms with Crippen LogP contribution in [0.1, 0.15) is 23.6 Å². The Kier molecular flexibility index (Phi) is 9.29. The SMILES string of the molecule is C=CCc1cc(/C=C2/SC(=Nc3cccc(Cl)c3Cl)NC2=O)cc(OCC)c1OCc1cccc([N+](=O)[O-])c1. The number of amidine groups is 1. The van der Waals surface area contributed by atoms with E-state index in [1.807, 2.05) is 13.0 Å². The van der Waals surface area contributed by atoms with Crippen LogP contribution in [0.15, 0.2) is 77.1 Å². The van der Waals surface area contributed by atoms with Crippen LogP contribution in [-0.2, 0) is 17.8 Å². The molecule has 0 bridgehead atoms. The lowest BCUT2D eigenvalue weighted by Crippen LogP contribution is -2.19. The smallest absolute Gasteiger partial charge is 0.269 e. The molecule has 1 N–H and O–H groups in total. The summed E-state index contributed by atoms with van der Waals surface area (Å²) in [7, 11) is 0. The van der Waals surface area contributed by atoms with Crippen molar-refractivity contribution >= 4 is 63.5 Å². The second kappa shape index (κ2) is 12.8. The normalized spacial score (nSPS) is 14.9. The van der Waals surface area contributed by atoms with E-state index in [2.05, 4.69) is 16.9 Å². The highest BCUT2D eigenvalue weighted by Crippen LogP contribution is 2.38. The predicted molar refractivity (Wildman–Crippen MR) is 156 cm³/mol. The van der Waals surface area contributed by atoms with Crippen molar-refractivity contribution < 1.29 is 19.2 Å². The number of aliphatic imine (C=N–C) groups is 1. The Balaban J connectivity index is 1.63. The first-order valence-corrected chi connectivity index (χ1v) is 13.4. The molecule has 1 aliphatic rings. The fraction of sp³-hybridized carbons (Fsp3) is 0.143. The highest BCUT2D eigenvalue weighted by molar-refractivity contribution is 8.18. The second-order valence-electron chi connectivity index (χ2n) is 8.20. The molecule has 0 aromatic heterocycles. The van der Waals surface area contributed by atoms with Crippen molar-refractivity contribution in [2.75, 3.05) is 6.61 Å².